The Kier molecular flexibility index (Phi) is 22.3. The Morgan fingerprint density at radius 2 is 1.29 bits per heavy atom. The van der Waals surface area contributed by atoms with Crippen LogP contribution < -0.4 is 5.11 Å². The highest BCUT2D eigenvalue weighted by molar-refractivity contribution is 5.84. The van der Waals surface area contributed by atoms with E-state index in [1.165, 1.54) is 103 Å². The molecule has 0 aromatic rings. The van der Waals surface area contributed by atoms with Crippen LogP contribution >= 0.6 is 0 Å². The third kappa shape index (κ3) is 22.4. The quantitative estimate of drug-likeness (QED) is 0.126. The second-order valence-corrected chi connectivity index (χ2v) is 12.0. The number of aliphatic carboxylic acids is 2. The third-order valence-electron chi connectivity index (χ3n) is 7.15. The van der Waals surface area contributed by atoms with Crippen molar-refractivity contribution in [2.45, 2.75) is 142 Å². The number of amidine groups is 1. The van der Waals surface area contributed by atoms with E-state index in [4.69, 9.17) is 5.11 Å². The first-order chi connectivity index (χ1) is 18.1. The summed E-state index contributed by atoms with van der Waals surface area (Å²) in [5.74, 6) is -0.540. The molecule has 1 N–H and O–H groups in total. The molecule has 7 nitrogen and oxygen atoms in total. The highest BCUT2D eigenvalue weighted by Crippen LogP contribution is 2.19. The van der Waals surface area contributed by atoms with Gasteiger partial charge in [-0.25, -0.2) is 0 Å². The number of quaternary nitrogens is 1. The van der Waals surface area contributed by atoms with E-state index in [2.05, 4.69) is 23.7 Å². The summed E-state index contributed by atoms with van der Waals surface area (Å²) >= 11 is 0. The maximum Gasteiger partial charge on any atom is 0.305 e. The Labute approximate surface area is 234 Å². The third-order valence-corrected chi connectivity index (χ3v) is 7.15. The number of nitrogens with zero attached hydrogens (tertiary/aromatic N) is 3. The van der Waals surface area contributed by atoms with Crippen molar-refractivity contribution in [3.8, 4) is 0 Å². The second kappa shape index (κ2) is 23.3. The number of carbonyl (C=O) groups excluding carboxylic acids is 1. The van der Waals surface area contributed by atoms with Crippen molar-refractivity contribution < 1.29 is 24.3 Å². The number of unbranched alkanes of at least 4 members (excludes halogenated alkanes) is 15. The second-order valence-electron chi connectivity index (χ2n) is 12.0. The molecule has 0 bridgehead atoms. The van der Waals surface area contributed by atoms with E-state index >= 15 is 0 Å². The van der Waals surface area contributed by atoms with Gasteiger partial charge < -0.3 is 24.4 Å². The van der Waals surface area contributed by atoms with Gasteiger partial charge in [-0.3, -0.25) is 9.79 Å². The van der Waals surface area contributed by atoms with Gasteiger partial charge in [-0.2, -0.15) is 0 Å². The molecule has 38 heavy (non-hydrogen) atoms. The summed E-state index contributed by atoms with van der Waals surface area (Å²) in [5.41, 5.74) is 0. The van der Waals surface area contributed by atoms with Crippen LogP contribution in [0.5, 0.6) is 0 Å². The van der Waals surface area contributed by atoms with Crippen molar-refractivity contribution in [1.29, 1.82) is 0 Å². The largest absolute Gasteiger partial charge is 0.544 e. The van der Waals surface area contributed by atoms with Crippen molar-refractivity contribution in [3.05, 3.63) is 0 Å². The molecule has 1 aliphatic rings. The van der Waals surface area contributed by atoms with Crippen LogP contribution in [-0.2, 0) is 9.59 Å². The highest BCUT2D eigenvalue weighted by Gasteiger charge is 2.25. The van der Waals surface area contributed by atoms with Crippen molar-refractivity contribution in [1.82, 2.24) is 4.90 Å². The van der Waals surface area contributed by atoms with Crippen molar-refractivity contribution in [3.63, 3.8) is 0 Å². The summed E-state index contributed by atoms with van der Waals surface area (Å²) in [6.07, 6.45) is 24.4. The molecule has 0 radical (unpaired) electrons. The van der Waals surface area contributed by atoms with Crippen LogP contribution in [0.15, 0.2) is 4.99 Å². The molecule has 0 saturated heterocycles. The number of rotatable bonds is 23. The molecular weight excluding hydrogens is 478 g/mol. The molecule has 1 rings (SSSR count). The van der Waals surface area contributed by atoms with Gasteiger partial charge in [-0.1, -0.05) is 110 Å². The molecule has 0 aromatic heterocycles. The number of carboxylic acid groups (broad SMARTS) is 2. The number of likely N-dealkylation sites (N-methyl/N-ethyl adjacent to an activating group) is 1. The summed E-state index contributed by atoms with van der Waals surface area (Å²) in [5, 5.41) is 19.0. The van der Waals surface area contributed by atoms with E-state index < -0.39 is 11.9 Å². The van der Waals surface area contributed by atoms with Gasteiger partial charge >= 0.3 is 5.97 Å². The van der Waals surface area contributed by atoms with E-state index in [0.29, 0.717) is 4.48 Å². The Morgan fingerprint density at radius 3 is 1.63 bits per heavy atom. The zero-order valence-electron chi connectivity index (χ0n) is 25.6. The molecule has 0 aliphatic carbocycles. The van der Waals surface area contributed by atoms with Crippen LogP contribution in [0.1, 0.15) is 136 Å². The van der Waals surface area contributed by atoms with Gasteiger partial charge in [0.25, 0.3) is 0 Å². The van der Waals surface area contributed by atoms with Gasteiger partial charge in [-0.15, -0.1) is 0 Å². The van der Waals surface area contributed by atoms with Crippen molar-refractivity contribution >= 4 is 17.8 Å². The average molecular weight is 540 g/mol. The fraction of sp³-hybridized carbons (Fsp3) is 0.903. The van der Waals surface area contributed by atoms with E-state index in [1.807, 2.05) is 0 Å². The van der Waals surface area contributed by atoms with Crippen molar-refractivity contribution in [2.75, 3.05) is 40.8 Å². The lowest BCUT2D eigenvalue weighted by molar-refractivity contribution is -0.864. The molecule has 1 aliphatic heterocycles. The van der Waals surface area contributed by atoms with Gasteiger partial charge in [0.1, 0.15) is 6.54 Å². The van der Waals surface area contributed by atoms with E-state index in [-0.39, 0.29) is 19.0 Å². The number of hydrogen-bond donors (Lipinski definition) is 1. The average Bonchev–Trinajstić information content (AvgIpc) is 3.29. The summed E-state index contributed by atoms with van der Waals surface area (Å²) in [7, 11) is 5.40. The zero-order valence-corrected chi connectivity index (χ0v) is 25.6. The van der Waals surface area contributed by atoms with Gasteiger partial charge in [0.15, 0.2) is 0 Å². The minimum absolute atomic E-state index is 0.0694. The number of hydrogen-bond acceptors (Lipinski definition) is 5. The molecule has 0 saturated carbocycles. The summed E-state index contributed by atoms with van der Waals surface area (Å²) < 4.78 is 0.419. The predicted molar refractivity (Wildman–Crippen MR) is 157 cm³/mol. The minimum atomic E-state index is -1.00. The van der Waals surface area contributed by atoms with Crippen molar-refractivity contribution in [2.24, 2.45) is 4.99 Å². The SMILES string of the molecule is CCCCCCCCCCCCCCCCCCC1=NCCN1C(CC)CC(=O)O.C[N+](C)(C)CC(=O)[O-]. The van der Waals surface area contributed by atoms with Gasteiger partial charge in [0.2, 0.25) is 0 Å². The Bertz CT molecular complexity index is 631. The van der Waals surface area contributed by atoms with Gasteiger partial charge in [0.05, 0.1) is 45.9 Å². The van der Waals surface area contributed by atoms with Gasteiger partial charge in [-0.05, 0) is 12.8 Å². The lowest BCUT2D eigenvalue weighted by atomic mass is 10.0. The van der Waals surface area contributed by atoms with Crippen LogP contribution in [0.2, 0.25) is 0 Å². The topological polar surface area (TPSA) is 93.0 Å². The normalized spacial score (nSPS) is 14.1. The predicted octanol–water partition coefficient (Wildman–Crippen LogP) is 6.05. The van der Waals surface area contributed by atoms with E-state index in [0.717, 1.165) is 31.8 Å². The Hall–Kier alpha value is -1.63. The monoisotopic (exact) mass is 539 g/mol. The summed E-state index contributed by atoms with van der Waals surface area (Å²) in [6, 6.07) is 0.116. The molecule has 1 heterocycles. The summed E-state index contributed by atoms with van der Waals surface area (Å²) in [6.45, 7) is 6.18. The maximum absolute atomic E-state index is 11.1. The highest BCUT2D eigenvalue weighted by atomic mass is 16.4. The minimum Gasteiger partial charge on any atom is -0.544 e. The Balaban J connectivity index is 0.00000147. The van der Waals surface area contributed by atoms with Crippen LogP contribution in [-0.4, -0.2) is 79.1 Å². The molecule has 0 fully saturated rings. The smallest absolute Gasteiger partial charge is 0.305 e. The Morgan fingerprint density at radius 1 is 0.842 bits per heavy atom. The zero-order chi connectivity index (χ0) is 28.7. The summed E-state index contributed by atoms with van der Waals surface area (Å²) in [4.78, 5) is 27.9. The molecule has 0 spiro atoms. The molecule has 7 heteroatoms. The van der Waals surface area contributed by atoms with Crippen LogP contribution in [0.4, 0.5) is 0 Å². The van der Waals surface area contributed by atoms with E-state index in [1.54, 1.807) is 21.1 Å². The molecule has 224 valence electrons. The maximum atomic E-state index is 11.1. The fourth-order valence-corrected chi connectivity index (χ4v) is 5.02. The lowest BCUT2D eigenvalue weighted by Crippen LogP contribution is -2.45. The first kappa shape index (κ1) is 36.4. The molecule has 0 amide bonds. The molecule has 1 atom stereocenters. The molecule has 1 unspecified atom stereocenters. The first-order valence-electron chi connectivity index (χ1n) is 15.6. The first-order valence-corrected chi connectivity index (χ1v) is 15.6. The lowest BCUT2D eigenvalue weighted by Gasteiger charge is -2.29. The van der Waals surface area contributed by atoms with Crippen LogP contribution in [0, 0.1) is 0 Å². The van der Waals surface area contributed by atoms with Crippen LogP contribution in [0.25, 0.3) is 0 Å². The number of carbonyl (C=O) groups is 2. The molecule has 0 aromatic carbocycles. The van der Waals surface area contributed by atoms with Crippen LogP contribution in [0.3, 0.4) is 0 Å². The van der Waals surface area contributed by atoms with Gasteiger partial charge in [0, 0.05) is 19.0 Å². The standard InChI is InChI=1S/C26H50N2O2.C5H11NO2/c1-3-5-6-7-8-9-10-11-12-13-14-15-16-17-18-19-20-25-27-21-22-28(25)24(4-2)23-26(29)30;1-6(2,3)4-5(7)8/h24H,3-23H2,1-2H3,(H,29,30);4H2,1-3H3. The number of carboxylic acids is 2. The van der Waals surface area contributed by atoms with E-state index in [9.17, 15) is 14.7 Å². The number of aliphatic imine (C=N–C) groups is 1. The fourth-order valence-electron chi connectivity index (χ4n) is 5.02. The molecular formula is C31H61N3O4.